The number of hydrogen-bond donors (Lipinski definition) is 1. The standard InChI is InChI=1S/C16H11BrFNO/c1-9-14(10-5-2-3-8-13(10)19-9)16(20)15-11(17)6-4-7-12(15)18/h2-8,19H,1H3. The monoisotopic (exact) mass is 331 g/mol. The largest absolute Gasteiger partial charge is 0.358 e. The maximum absolute atomic E-state index is 14.0. The van der Waals surface area contributed by atoms with E-state index in [1.54, 1.807) is 12.1 Å². The summed E-state index contributed by atoms with van der Waals surface area (Å²) in [6, 6.07) is 12.0. The van der Waals surface area contributed by atoms with Crippen molar-refractivity contribution >= 4 is 32.6 Å². The predicted molar refractivity (Wildman–Crippen MR) is 80.6 cm³/mol. The van der Waals surface area contributed by atoms with Crippen LogP contribution in [0, 0.1) is 12.7 Å². The molecule has 2 aromatic carbocycles. The van der Waals surface area contributed by atoms with E-state index in [9.17, 15) is 9.18 Å². The smallest absolute Gasteiger partial charge is 0.199 e. The molecule has 0 aliphatic carbocycles. The van der Waals surface area contributed by atoms with Gasteiger partial charge in [-0.15, -0.1) is 0 Å². The van der Waals surface area contributed by atoms with E-state index in [0.717, 1.165) is 16.6 Å². The Morgan fingerprint density at radius 2 is 1.85 bits per heavy atom. The zero-order valence-corrected chi connectivity index (χ0v) is 12.3. The van der Waals surface area contributed by atoms with E-state index in [0.29, 0.717) is 10.0 Å². The molecule has 3 aromatic rings. The van der Waals surface area contributed by atoms with Crippen molar-refractivity contribution in [3.05, 3.63) is 69.6 Å². The molecule has 0 saturated heterocycles. The molecule has 0 aliphatic rings. The first-order chi connectivity index (χ1) is 9.59. The van der Waals surface area contributed by atoms with Crippen LogP contribution >= 0.6 is 15.9 Å². The highest BCUT2D eigenvalue weighted by molar-refractivity contribution is 9.10. The van der Waals surface area contributed by atoms with Crippen LogP contribution in [0.5, 0.6) is 0 Å². The van der Waals surface area contributed by atoms with Crippen molar-refractivity contribution in [2.75, 3.05) is 0 Å². The number of carbonyl (C=O) groups is 1. The number of nitrogens with one attached hydrogen (secondary N) is 1. The number of benzene rings is 2. The first kappa shape index (κ1) is 13.1. The van der Waals surface area contributed by atoms with Gasteiger partial charge in [0.05, 0.1) is 11.1 Å². The fraction of sp³-hybridized carbons (Fsp3) is 0.0625. The second-order valence-corrected chi connectivity index (χ2v) is 5.45. The molecular formula is C16H11BrFNO. The Hall–Kier alpha value is -1.94. The summed E-state index contributed by atoms with van der Waals surface area (Å²) in [5, 5.41) is 0.810. The molecule has 2 nitrogen and oxygen atoms in total. The Kier molecular flexibility index (Phi) is 3.18. The zero-order chi connectivity index (χ0) is 14.3. The Morgan fingerprint density at radius 1 is 1.10 bits per heavy atom. The molecule has 0 radical (unpaired) electrons. The number of aromatic amines is 1. The van der Waals surface area contributed by atoms with E-state index in [1.165, 1.54) is 6.07 Å². The van der Waals surface area contributed by atoms with Crippen molar-refractivity contribution in [2.24, 2.45) is 0 Å². The number of aryl methyl sites for hydroxylation is 1. The topological polar surface area (TPSA) is 32.9 Å². The molecular weight excluding hydrogens is 321 g/mol. The van der Waals surface area contributed by atoms with Crippen molar-refractivity contribution in [1.29, 1.82) is 0 Å². The quantitative estimate of drug-likeness (QED) is 0.683. The van der Waals surface area contributed by atoms with Crippen LogP contribution in [0.2, 0.25) is 0 Å². The molecule has 0 aliphatic heterocycles. The minimum atomic E-state index is -0.519. The van der Waals surface area contributed by atoms with Gasteiger partial charge >= 0.3 is 0 Å². The number of rotatable bonds is 2. The van der Waals surface area contributed by atoms with E-state index in [1.807, 2.05) is 31.2 Å². The molecule has 0 amide bonds. The van der Waals surface area contributed by atoms with Crippen LogP contribution in [-0.2, 0) is 0 Å². The summed E-state index contributed by atoms with van der Waals surface area (Å²) in [4.78, 5) is 15.9. The van der Waals surface area contributed by atoms with E-state index in [2.05, 4.69) is 20.9 Å². The van der Waals surface area contributed by atoms with Crippen molar-refractivity contribution in [3.8, 4) is 0 Å². The lowest BCUT2D eigenvalue weighted by atomic mass is 10.00. The molecule has 0 spiro atoms. The number of carbonyl (C=O) groups excluding carboxylic acids is 1. The lowest BCUT2D eigenvalue weighted by molar-refractivity contribution is 0.103. The molecule has 0 saturated carbocycles. The average Bonchev–Trinajstić information content (AvgIpc) is 2.74. The first-order valence-corrected chi connectivity index (χ1v) is 6.95. The summed E-state index contributed by atoms with van der Waals surface area (Å²) in [6.45, 7) is 1.82. The molecule has 1 heterocycles. The Morgan fingerprint density at radius 3 is 2.60 bits per heavy atom. The third kappa shape index (κ3) is 1.96. The first-order valence-electron chi connectivity index (χ1n) is 6.15. The van der Waals surface area contributed by atoms with Gasteiger partial charge in [-0.05, 0) is 41.1 Å². The number of para-hydroxylation sites is 1. The summed E-state index contributed by atoms with van der Waals surface area (Å²) < 4.78 is 14.4. The maximum atomic E-state index is 14.0. The van der Waals surface area contributed by atoms with Gasteiger partial charge in [0, 0.05) is 21.1 Å². The fourth-order valence-corrected chi connectivity index (χ4v) is 2.93. The minimum absolute atomic E-state index is 0.0698. The van der Waals surface area contributed by atoms with Crippen LogP contribution in [0.15, 0.2) is 46.9 Å². The second kappa shape index (κ2) is 4.87. The lowest BCUT2D eigenvalue weighted by Crippen LogP contribution is -2.06. The van der Waals surface area contributed by atoms with Crippen molar-refractivity contribution in [3.63, 3.8) is 0 Å². The normalized spacial score (nSPS) is 10.9. The second-order valence-electron chi connectivity index (χ2n) is 4.60. The van der Waals surface area contributed by atoms with Crippen LogP contribution in [-0.4, -0.2) is 10.8 Å². The minimum Gasteiger partial charge on any atom is -0.358 e. The molecule has 0 bridgehead atoms. The highest BCUT2D eigenvalue weighted by Gasteiger charge is 2.22. The Bertz CT molecular complexity index is 802. The number of hydrogen-bond acceptors (Lipinski definition) is 1. The zero-order valence-electron chi connectivity index (χ0n) is 10.7. The van der Waals surface area contributed by atoms with Gasteiger partial charge in [0.2, 0.25) is 0 Å². The van der Waals surface area contributed by atoms with Gasteiger partial charge in [0.1, 0.15) is 5.82 Å². The molecule has 0 atom stereocenters. The van der Waals surface area contributed by atoms with Crippen molar-refractivity contribution in [1.82, 2.24) is 4.98 Å². The SMILES string of the molecule is Cc1[nH]c2ccccc2c1C(=O)c1c(F)cccc1Br. The summed E-state index contributed by atoms with van der Waals surface area (Å²) in [6.07, 6.45) is 0. The molecule has 0 fully saturated rings. The van der Waals surface area contributed by atoms with Crippen LogP contribution in [0.3, 0.4) is 0 Å². The van der Waals surface area contributed by atoms with Gasteiger partial charge in [-0.25, -0.2) is 4.39 Å². The predicted octanol–water partition coefficient (Wildman–Crippen LogP) is 4.61. The molecule has 100 valence electrons. The van der Waals surface area contributed by atoms with E-state index in [-0.39, 0.29) is 11.3 Å². The van der Waals surface area contributed by atoms with E-state index in [4.69, 9.17) is 0 Å². The number of ketones is 1. The third-order valence-electron chi connectivity index (χ3n) is 3.31. The lowest BCUT2D eigenvalue weighted by Gasteiger charge is -2.05. The van der Waals surface area contributed by atoms with Gasteiger partial charge in [0.15, 0.2) is 5.78 Å². The molecule has 1 N–H and O–H groups in total. The summed E-state index contributed by atoms with van der Waals surface area (Å²) in [7, 11) is 0. The van der Waals surface area contributed by atoms with Crippen molar-refractivity contribution in [2.45, 2.75) is 6.92 Å². The molecule has 4 heteroatoms. The van der Waals surface area contributed by atoms with Crippen LogP contribution in [0.25, 0.3) is 10.9 Å². The van der Waals surface area contributed by atoms with Gasteiger partial charge in [0.25, 0.3) is 0 Å². The third-order valence-corrected chi connectivity index (χ3v) is 3.97. The van der Waals surface area contributed by atoms with E-state index >= 15 is 0 Å². The van der Waals surface area contributed by atoms with Gasteiger partial charge in [-0.2, -0.15) is 0 Å². The summed E-state index contributed by atoms with van der Waals surface area (Å²) in [5.41, 5.74) is 2.21. The Labute approximate surface area is 123 Å². The number of fused-ring (bicyclic) bond motifs is 1. The van der Waals surface area contributed by atoms with Crippen LogP contribution in [0.1, 0.15) is 21.6 Å². The summed E-state index contributed by atoms with van der Waals surface area (Å²) >= 11 is 3.25. The number of H-pyrrole nitrogens is 1. The van der Waals surface area contributed by atoms with Crippen LogP contribution in [0.4, 0.5) is 4.39 Å². The maximum Gasteiger partial charge on any atom is 0.199 e. The van der Waals surface area contributed by atoms with E-state index < -0.39 is 5.82 Å². The molecule has 3 rings (SSSR count). The average molecular weight is 332 g/mol. The van der Waals surface area contributed by atoms with Gasteiger partial charge in [-0.1, -0.05) is 24.3 Å². The Balaban J connectivity index is 2.26. The number of aromatic nitrogens is 1. The highest BCUT2D eigenvalue weighted by atomic mass is 79.9. The highest BCUT2D eigenvalue weighted by Crippen LogP contribution is 2.28. The molecule has 20 heavy (non-hydrogen) atoms. The fourth-order valence-electron chi connectivity index (χ4n) is 2.41. The van der Waals surface area contributed by atoms with Crippen molar-refractivity contribution < 1.29 is 9.18 Å². The number of halogens is 2. The molecule has 1 aromatic heterocycles. The summed E-state index contributed by atoms with van der Waals surface area (Å²) in [5.74, 6) is -0.834. The molecule has 0 unspecified atom stereocenters. The van der Waals surface area contributed by atoms with Gasteiger partial charge < -0.3 is 4.98 Å². The van der Waals surface area contributed by atoms with Gasteiger partial charge in [-0.3, -0.25) is 4.79 Å². The van der Waals surface area contributed by atoms with Crippen LogP contribution < -0.4 is 0 Å².